The van der Waals surface area contributed by atoms with Gasteiger partial charge in [0, 0.05) is 9.65 Å². The van der Waals surface area contributed by atoms with Crippen LogP contribution in [0.2, 0.25) is 0 Å². The summed E-state index contributed by atoms with van der Waals surface area (Å²) in [6.45, 7) is -0.510. The van der Waals surface area contributed by atoms with Crippen molar-refractivity contribution in [3.05, 3.63) is 0 Å². The summed E-state index contributed by atoms with van der Waals surface area (Å²) in [5.74, 6) is -2.11. The molecule has 3 aliphatic rings. The maximum atomic E-state index is 12.2. The van der Waals surface area contributed by atoms with Gasteiger partial charge in [-0.2, -0.15) is 0 Å². The summed E-state index contributed by atoms with van der Waals surface area (Å²) in [5, 5.41) is 8.76. The van der Waals surface area contributed by atoms with Gasteiger partial charge in [0.2, 0.25) is 11.8 Å². The number of carbonyl (C=O) groups excluding carboxylic acids is 2. The Labute approximate surface area is 120 Å². The zero-order valence-electron chi connectivity index (χ0n) is 9.25. The Morgan fingerprint density at radius 2 is 1.61 bits per heavy atom. The lowest BCUT2D eigenvalue weighted by molar-refractivity contribution is -0.149. The number of halogens is 2. The number of aliphatic carboxylic acids is 1. The first-order valence-corrected chi connectivity index (χ1v) is 7.61. The van der Waals surface area contributed by atoms with E-state index < -0.39 is 12.5 Å². The molecular formula is C11H11Br2NO4. The van der Waals surface area contributed by atoms with Crippen LogP contribution >= 0.6 is 31.9 Å². The molecule has 1 aliphatic heterocycles. The predicted molar refractivity (Wildman–Crippen MR) is 68.4 cm³/mol. The topological polar surface area (TPSA) is 74.7 Å². The van der Waals surface area contributed by atoms with Crippen molar-refractivity contribution in [3.63, 3.8) is 0 Å². The number of imide groups is 1. The molecule has 0 aromatic rings. The number of amides is 2. The fourth-order valence-electron chi connectivity index (χ4n) is 3.70. The van der Waals surface area contributed by atoms with Crippen LogP contribution in [0.15, 0.2) is 0 Å². The molecule has 98 valence electrons. The second-order valence-corrected chi connectivity index (χ2v) is 7.27. The Morgan fingerprint density at radius 1 is 1.17 bits per heavy atom. The first-order valence-electron chi connectivity index (χ1n) is 5.78. The number of likely N-dealkylation sites (tertiary alicyclic amines) is 1. The highest BCUT2D eigenvalue weighted by atomic mass is 79.9. The van der Waals surface area contributed by atoms with Gasteiger partial charge in [-0.1, -0.05) is 31.9 Å². The molecular weight excluding hydrogens is 370 g/mol. The minimum Gasteiger partial charge on any atom is -0.480 e. The predicted octanol–water partition coefficient (Wildman–Crippen LogP) is 0.849. The highest BCUT2D eigenvalue weighted by molar-refractivity contribution is 9.12. The molecule has 3 rings (SSSR count). The number of carboxylic acids is 1. The summed E-state index contributed by atoms with van der Waals surface area (Å²) < 4.78 is 0. The first-order chi connectivity index (χ1) is 8.43. The largest absolute Gasteiger partial charge is 0.480 e. The van der Waals surface area contributed by atoms with Crippen molar-refractivity contribution >= 4 is 49.6 Å². The van der Waals surface area contributed by atoms with E-state index in [0.29, 0.717) is 0 Å². The Kier molecular flexibility index (Phi) is 2.82. The summed E-state index contributed by atoms with van der Waals surface area (Å²) in [6.07, 6.45) is 0.861. The van der Waals surface area contributed by atoms with Gasteiger partial charge in [-0.05, 0) is 18.3 Å². The third-order valence-corrected chi connectivity index (χ3v) is 7.58. The van der Waals surface area contributed by atoms with Crippen LogP contribution in [0.25, 0.3) is 0 Å². The lowest BCUT2D eigenvalue weighted by atomic mass is 9.81. The number of carboxylic acid groups (broad SMARTS) is 1. The van der Waals surface area contributed by atoms with Crippen molar-refractivity contribution in [1.29, 1.82) is 0 Å². The van der Waals surface area contributed by atoms with Crippen LogP contribution in [0, 0.1) is 23.7 Å². The van der Waals surface area contributed by atoms with Crippen molar-refractivity contribution in [3.8, 4) is 0 Å². The van der Waals surface area contributed by atoms with Crippen molar-refractivity contribution in [1.82, 2.24) is 4.90 Å². The van der Waals surface area contributed by atoms with Gasteiger partial charge in [0.05, 0.1) is 11.8 Å². The minimum atomic E-state index is -1.14. The van der Waals surface area contributed by atoms with Crippen LogP contribution in [-0.4, -0.2) is 44.0 Å². The van der Waals surface area contributed by atoms with Gasteiger partial charge in [-0.15, -0.1) is 0 Å². The summed E-state index contributed by atoms with van der Waals surface area (Å²) in [7, 11) is 0. The maximum absolute atomic E-state index is 12.2. The van der Waals surface area contributed by atoms with Crippen LogP contribution in [0.1, 0.15) is 6.42 Å². The Morgan fingerprint density at radius 3 is 2.00 bits per heavy atom. The summed E-state index contributed by atoms with van der Waals surface area (Å²) >= 11 is 7.14. The van der Waals surface area contributed by atoms with Gasteiger partial charge in [0.25, 0.3) is 0 Å². The van der Waals surface area contributed by atoms with Crippen molar-refractivity contribution in [2.24, 2.45) is 23.7 Å². The molecule has 2 aliphatic carbocycles. The molecule has 6 atom stereocenters. The molecule has 0 radical (unpaired) electrons. The van der Waals surface area contributed by atoms with E-state index in [4.69, 9.17) is 5.11 Å². The quantitative estimate of drug-likeness (QED) is 0.569. The molecule has 0 spiro atoms. The number of carbonyl (C=O) groups is 3. The van der Waals surface area contributed by atoms with Crippen LogP contribution in [0.4, 0.5) is 0 Å². The molecule has 5 nitrogen and oxygen atoms in total. The number of nitrogens with zero attached hydrogens (tertiary/aromatic N) is 1. The molecule has 18 heavy (non-hydrogen) atoms. The third kappa shape index (κ3) is 1.46. The lowest BCUT2D eigenvalue weighted by Gasteiger charge is -2.28. The average molecular weight is 381 g/mol. The van der Waals surface area contributed by atoms with E-state index in [-0.39, 0.29) is 45.1 Å². The summed E-state index contributed by atoms with van der Waals surface area (Å²) in [5.41, 5.74) is 0. The molecule has 2 amide bonds. The molecule has 7 heteroatoms. The molecule has 1 saturated heterocycles. The van der Waals surface area contributed by atoms with E-state index in [1.807, 2.05) is 0 Å². The minimum absolute atomic E-state index is 0.139. The normalized spacial score (nSPS) is 45.8. The number of hydrogen-bond donors (Lipinski definition) is 1. The highest BCUT2D eigenvalue weighted by Gasteiger charge is 2.66. The maximum Gasteiger partial charge on any atom is 0.323 e. The van der Waals surface area contributed by atoms with Gasteiger partial charge < -0.3 is 5.11 Å². The van der Waals surface area contributed by atoms with E-state index in [1.165, 1.54) is 0 Å². The first kappa shape index (κ1) is 12.6. The molecule has 0 aromatic carbocycles. The molecule has 0 unspecified atom stereocenters. The zero-order chi connectivity index (χ0) is 13.2. The van der Waals surface area contributed by atoms with Crippen LogP contribution in [0.3, 0.4) is 0 Å². The average Bonchev–Trinajstić information content (AvgIpc) is 2.88. The third-order valence-electron chi connectivity index (χ3n) is 4.37. The fourth-order valence-corrected chi connectivity index (χ4v) is 5.58. The van der Waals surface area contributed by atoms with Crippen LogP contribution in [0.5, 0.6) is 0 Å². The van der Waals surface area contributed by atoms with Gasteiger partial charge in [-0.25, -0.2) is 0 Å². The van der Waals surface area contributed by atoms with E-state index in [1.54, 1.807) is 0 Å². The number of rotatable bonds is 2. The number of hydrogen-bond acceptors (Lipinski definition) is 3. The number of fused-ring (bicyclic) bond motifs is 5. The van der Waals surface area contributed by atoms with E-state index >= 15 is 0 Å². The fraction of sp³-hybridized carbons (Fsp3) is 0.727. The molecule has 1 N–H and O–H groups in total. The standard InChI is InChI=1S/C11H11Br2NO4/c12-8-3-1-4(9(8)13)7-6(3)10(17)14(11(7)18)2-5(15)16/h3-4,6-9H,1-2H2,(H,15,16)/t3-,4+,6-,7-,8-,9+/m1/s1. The zero-order valence-corrected chi connectivity index (χ0v) is 12.4. The molecule has 2 bridgehead atoms. The molecule has 0 aromatic heterocycles. The van der Waals surface area contributed by atoms with Crippen molar-refractivity contribution in [2.45, 2.75) is 16.1 Å². The van der Waals surface area contributed by atoms with E-state index in [2.05, 4.69) is 31.9 Å². The second kappa shape index (κ2) is 4.03. The van der Waals surface area contributed by atoms with Gasteiger partial charge in [-0.3, -0.25) is 19.3 Å². The second-order valence-electron chi connectivity index (χ2n) is 5.16. The smallest absolute Gasteiger partial charge is 0.323 e. The van der Waals surface area contributed by atoms with Gasteiger partial charge in [0.15, 0.2) is 0 Å². The molecule has 1 heterocycles. The monoisotopic (exact) mass is 379 g/mol. The Hall–Kier alpha value is -0.430. The van der Waals surface area contributed by atoms with E-state index in [0.717, 1.165) is 11.3 Å². The SMILES string of the molecule is O=C(O)CN1C(=O)[C@@H]2[C@@H]3C[C@@H]([C@@H](Br)[C@H]3Br)[C@H]2C1=O. The lowest BCUT2D eigenvalue weighted by Crippen LogP contribution is -2.37. The van der Waals surface area contributed by atoms with Gasteiger partial charge in [0.1, 0.15) is 6.54 Å². The van der Waals surface area contributed by atoms with Crippen LogP contribution < -0.4 is 0 Å². The van der Waals surface area contributed by atoms with Crippen molar-refractivity contribution in [2.75, 3.05) is 6.54 Å². The van der Waals surface area contributed by atoms with Crippen molar-refractivity contribution < 1.29 is 19.5 Å². The highest BCUT2D eigenvalue weighted by Crippen LogP contribution is 2.60. The Balaban J connectivity index is 1.92. The molecule has 2 saturated carbocycles. The van der Waals surface area contributed by atoms with E-state index in [9.17, 15) is 14.4 Å². The Bertz CT molecular complexity index is 422. The molecule has 3 fully saturated rings. The van der Waals surface area contributed by atoms with Gasteiger partial charge >= 0.3 is 5.97 Å². The number of alkyl halides is 2. The van der Waals surface area contributed by atoms with Crippen LogP contribution in [-0.2, 0) is 14.4 Å². The summed E-state index contributed by atoms with van der Waals surface area (Å²) in [6, 6.07) is 0. The summed E-state index contributed by atoms with van der Waals surface area (Å²) in [4.78, 5) is 36.4.